The van der Waals surface area contributed by atoms with Gasteiger partial charge in [0, 0.05) is 19.8 Å². The smallest absolute Gasteiger partial charge is 0.201 e. The lowest BCUT2D eigenvalue weighted by Crippen LogP contribution is -2.06. The molecule has 0 bridgehead atoms. The summed E-state index contributed by atoms with van der Waals surface area (Å²) in [5, 5.41) is 0. The van der Waals surface area contributed by atoms with Crippen LogP contribution < -0.4 is 5.73 Å². The topological polar surface area (TPSA) is 53.1 Å². The molecule has 18 heavy (non-hydrogen) atoms. The van der Waals surface area contributed by atoms with Crippen molar-refractivity contribution in [1.29, 1.82) is 0 Å². The van der Waals surface area contributed by atoms with Crippen molar-refractivity contribution in [2.75, 3.05) is 18.9 Å². The van der Waals surface area contributed by atoms with Crippen molar-refractivity contribution < 1.29 is 4.74 Å². The first-order valence-corrected chi connectivity index (χ1v) is 6.44. The first-order chi connectivity index (χ1) is 8.63. The van der Waals surface area contributed by atoms with Crippen LogP contribution in [0.3, 0.4) is 0 Å². The Morgan fingerprint density at radius 2 is 2.00 bits per heavy atom. The molecule has 2 aromatic rings. The number of ether oxygens (including phenoxy) is 1. The number of nitrogens with zero attached hydrogens (tertiary/aromatic N) is 2. The normalized spacial score (nSPS) is 11.3. The summed E-state index contributed by atoms with van der Waals surface area (Å²) < 4.78 is 7.42. The van der Waals surface area contributed by atoms with Crippen LogP contribution in [0.5, 0.6) is 0 Å². The summed E-state index contributed by atoms with van der Waals surface area (Å²) in [4.78, 5) is 4.41. The first kappa shape index (κ1) is 12.9. The maximum absolute atomic E-state index is 5.98. The molecule has 1 aromatic heterocycles. The Balaban J connectivity index is 2.26. The minimum atomic E-state index is 0.589. The molecule has 0 saturated heterocycles. The van der Waals surface area contributed by atoms with Crippen molar-refractivity contribution in [3.05, 3.63) is 23.3 Å². The van der Waals surface area contributed by atoms with Crippen LogP contribution in [0.1, 0.15) is 24.5 Å². The average molecular weight is 247 g/mol. The molecule has 4 nitrogen and oxygen atoms in total. The van der Waals surface area contributed by atoms with E-state index in [2.05, 4.69) is 35.5 Å². The van der Waals surface area contributed by atoms with Crippen LogP contribution in [0, 0.1) is 13.8 Å². The number of hydrogen-bond acceptors (Lipinski definition) is 3. The van der Waals surface area contributed by atoms with Crippen LogP contribution in [0.15, 0.2) is 12.1 Å². The lowest BCUT2D eigenvalue weighted by Gasteiger charge is -2.07. The van der Waals surface area contributed by atoms with Gasteiger partial charge in [-0.1, -0.05) is 0 Å². The zero-order chi connectivity index (χ0) is 13.1. The van der Waals surface area contributed by atoms with E-state index in [1.165, 1.54) is 11.1 Å². The van der Waals surface area contributed by atoms with Crippen molar-refractivity contribution in [3.63, 3.8) is 0 Å². The number of imidazole rings is 1. The number of nitrogen functional groups attached to an aromatic ring is 1. The summed E-state index contributed by atoms with van der Waals surface area (Å²) in [5.41, 5.74) is 10.6. The Morgan fingerprint density at radius 1 is 1.28 bits per heavy atom. The Kier molecular flexibility index (Phi) is 3.87. The van der Waals surface area contributed by atoms with Gasteiger partial charge in [-0.05, 0) is 50.5 Å². The molecule has 0 aliphatic heterocycles. The highest BCUT2D eigenvalue weighted by molar-refractivity contribution is 5.80. The molecule has 1 heterocycles. The third kappa shape index (κ3) is 2.48. The number of aryl methyl sites for hydroxylation is 3. The molecule has 0 saturated carbocycles. The molecule has 0 aliphatic carbocycles. The van der Waals surface area contributed by atoms with Gasteiger partial charge in [0.1, 0.15) is 0 Å². The van der Waals surface area contributed by atoms with E-state index in [1.807, 2.05) is 6.92 Å². The molecule has 0 unspecified atom stereocenters. The fourth-order valence-corrected chi connectivity index (χ4v) is 2.10. The molecule has 0 atom stereocenters. The molecular weight excluding hydrogens is 226 g/mol. The highest BCUT2D eigenvalue weighted by Gasteiger charge is 2.09. The van der Waals surface area contributed by atoms with Gasteiger partial charge in [0.2, 0.25) is 5.95 Å². The average Bonchev–Trinajstić information content (AvgIpc) is 2.62. The van der Waals surface area contributed by atoms with Crippen LogP contribution in [0.25, 0.3) is 11.0 Å². The third-order valence-electron chi connectivity index (χ3n) is 3.27. The molecular formula is C14H21N3O. The summed E-state index contributed by atoms with van der Waals surface area (Å²) >= 11 is 0. The molecule has 2 rings (SSSR count). The standard InChI is InChI=1S/C14H21N3O/c1-4-18-7-5-6-17-13-9-11(3)10(2)8-12(13)16-14(17)15/h8-9H,4-7H2,1-3H3,(H2,15,16). The fraction of sp³-hybridized carbons (Fsp3) is 0.500. The second kappa shape index (κ2) is 5.40. The van der Waals surface area contributed by atoms with Crippen molar-refractivity contribution in [3.8, 4) is 0 Å². The summed E-state index contributed by atoms with van der Waals surface area (Å²) in [7, 11) is 0. The highest BCUT2D eigenvalue weighted by atomic mass is 16.5. The van der Waals surface area contributed by atoms with Crippen molar-refractivity contribution >= 4 is 17.0 Å². The van der Waals surface area contributed by atoms with Gasteiger partial charge in [-0.3, -0.25) is 0 Å². The quantitative estimate of drug-likeness (QED) is 0.826. The maximum atomic E-state index is 5.98. The van der Waals surface area contributed by atoms with Gasteiger partial charge in [-0.15, -0.1) is 0 Å². The molecule has 4 heteroatoms. The van der Waals surface area contributed by atoms with E-state index in [-0.39, 0.29) is 0 Å². The summed E-state index contributed by atoms with van der Waals surface area (Å²) in [6.07, 6.45) is 0.955. The SMILES string of the molecule is CCOCCCn1c(N)nc2cc(C)c(C)cc21. The molecule has 0 aliphatic rings. The van der Waals surface area contributed by atoms with Crippen LogP contribution in [0.2, 0.25) is 0 Å². The van der Waals surface area contributed by atoms with E-state index in [0.29, 0.717) is 5.95 Å². The lowest BCUT2D eigenvalue weighted by molar-refractivity contribution is 0.142. The van der Waals surface area contributed by atoms with Crippen molar-refractivity contribution in [1.82, 2.24) is 9.55 Å². The summed E-state index contributed by atoms with van der Waals surface area (Å²) in [6.45, 7) is 8.60. The fourth-order valence-electron chi connectivity index (χ4n) is 2.10. The van der Waals surface area contributed by atoms with Crippen molar-refractivity contribution in [2.24, 2.45) is 0 Å². The second-order valence-electron chi connectivity index (χ2n) is 4.60. The van der Waals surface area contributed by atoms with Crippen LogP contribution in [-0.2, 0) is 11.3 Å². The summed E-state index contributed by atoms with van der Waals surface area (Å²) in [5.74, 6) is 0.589. The van der Waals surface area contributed by atoms with E-state index < -0.39 is 0 Å². The number of benzene rings is 1. The van der Waals surface area contributed by atoms with Gasteiger partial charge < -0.3 is 15.0 Å². The van der Waals surface area contributed by atoms with Crippen LogP contribution >= 0.6 is 0 Å². The van der Waals surface area contributed by atoms with E-state index in [1.54, 1.807) is 0 Å². The Morgan fingerprint density at radius 3 is 2.72 bits per heavy atom. The molecule has 1 aromatic carbocycles. The molecule has 0 spiro atoms. The third-order valence-corrected chi connectivity index (χ3v) is 3.27. The van der Waals surface area contributed by atoms with Gasteiger partial charge in [0.25, 0.3) is 0 Å². The zero-order valence-electron chi connectivity index (χ0n) is 11.4. The molecule has 0 radical (unpaired) electrons. The number of fused-ring (bicyclic) bond motifs is 1. The highest BCUT2D eigenvalue weighted by Crippen LogP contribution is 2.22. The van der Waals surface area contributed by atoms with Crippen LogP contribution in [-0.4, -0.2) is 22.8 Å². The predicted molar refractivity (Wildman–Crippen MR) is 74.7 cm³/mol. The monoisotopic (exact) mass is 247 g/mol. The largest absolute Gasteiger partial charge is 0.382 e. The maximum Gasteiger partial charge on any atom is 0.201 e. The number of hydrogen-bond donors (Lipinski definition) is 1. The lowest BCUT2D eigenvalue weighted by atomic mass is 10.1. The van der Waals surface area contributed by atoms with E-state index in [4.69, 9.17) is 10.5 Å². The van der Waals surface area contributed by atoms with E-state index >= 15 is 0 Å². The van der Waals surface area contributed by atoms with Gasteiger partial charge in [-0.25, -0.2) is 4.98 Å². The number of nitrogens with two attached hydrogens (primary N) is 1. The van der Waals surface area contributed by atoms with Gasteiger partial charge in [0.05, 0.1) is 11.0 Å². The van der Waals surface area contributed by atoms with E-state index in [0.717, 1.165) is 37.2 Å². The molecule has 0 amide bonds. The van der Waals surface area contributed by atoms with Gasteiger partial charge >= 0.3 is 0 Å². The molecule has 98 valence electrons. The molecule has 0 fully saturated rings. The zero-order valence-corrected chi connectivity index (χ0v) is 11.4. The Labute approximate surface area is 108 Å². The summed E-state index contributed by atoms with van der Waals surface area (Å²) in [6, 6.07) is 4.26. The first-order valence-electron chi connectivity index (χ1n) is 6.44. The molecule has 2 N–H and O–H groups in total. The minimum absolute atomic E-state index is 0.589. The number of aromatic nitrogens is 2. The predicted octanol–water partition coefficient (Wildman–Crippen LogP) is 2.66. The van der Waals surface area contributed by atoms with Gasteiger partial charge in [0.15, 0.2) is 0 Å². The number of rotatable bonds is 5. The Bertz CT molecular complexity index is 545. The minimum Gasteiger partial charge on any atom is -0.382 e. The number of anilines is 1. The van der Waals surface area contributed by atoms with Gasteiger partial charge in [-0.2, -0.15) is 0 Å². The second-order valence-corrected chi connectivity index (χ2v) is 4.60. The Hall–Kier alpha value is -1.55. The van der Waals surface area contributed by atoms with Crippen molar-refractivity contribution in [2.45, 2.75) is 33.7 Å². The van der Waals surface area contributed by atoms with Crippen LogP contribution in [0.4, 0.5) is 5.95 Å². The van der Waals surface area contributed by atoms with E-state index in [9.17, 15) is 0 Å².